The van der Waals surface area contributed by atoms with Crippen LogP contribution in [-0.4, -0.2) is 72.4 Å². The molecule has 4 aromatic heterocycles. The summed E-state index contributed by atoms with van der Waals surface area (Å²) in [6, 6.07) is 12.6. The Hall–Kier alpha value is -6.07. The maximum Gasteiger partial charge on any atom is 0.329 e. The number of hydrogen-bond donors (Lipinski definition) is 3. The number of imide groups is 1. The molecule has 0 aliphatic carbocycles. The highest BCUT2D eigenvalue weighted by atomic mass is 19.1. The van der Waals surface area contributed by atoms with Crippen LogP contribution in [0.25, 0.3) is 32.7 Å². The largest absolute Gasteiger partial charge is 0.357 e. The van der Waals surface area contributed by atoms with Gasteiger partial charge in [-0.2, -0.15) is 10.2 Å². The first-order valence-corrected chi connectivity index (χ1v) is 19.4. The van der Waals surface area contributed by atoms with E-state index in [0.29, 0.717) is 40.6 Å². The Morgan fingerprint density at radius 2 is 1.82 bits per heavy atom. The predicted molar refractivity (Wildman–Crippen MR) is 214 cm³/mol. The van der Waals surface area contributed by atoms with E-state index < -0.39 is 11.8 Å². The van der Waals surface area contributed by atoms with E-state index in [1.165, 1.54) is 23.1 Å². The zero-order valence-electron chi connectivity index (χ0n) is 31.9. The summed E-state index contributed by atoms with van der Waals surface area (Å²) in [7, 11) is 3.88. The summed E-state index contributed by atoms with van der Waals surface area (Å²) < 4.78 is 18.7. The number of carbonyl (C=O) groups is 3. The number of aromatic amines is 1. The number of nitrogens with zero attached hydrogens (tertiary/aromatic N) is 7. The van der Waals surface area contributed by atoms with Gasteiger partial charge in [0, 0.05) is 78.7 Å². The number of aryl methyl sites for hydroxylation is 3. The van der Waals surface area contributed by atoms with Crippen molar-refractivity contribution < 1.29 is 18.8 Å². The lowest BCUT2D eigenvalue weighted by molar-refractivity contribution is -0.120. The van der Waals surface area contributed by atoms with E-state index in [9.17, 15) is 14.4 Å². The molecule has 3 N–H and O–H groups in total. The third-order valence-corrected chi connectivity index (χ3v) is 11.0. The SMILES string of the molecule is Cc1nn(CCCCCCCC#Cc2cc3c(cc2F)c(N2CCC(=O)NC2=O)nn3C)c2cc(C(=O)Nc3cc4[nH]c([C@H]5CCCN5C)cc4cn3)ccc12. The molecule has 6 heterocycles. The van der Waals surface area contributed by atoms with Gasteiger partial charge in [-0.1, -0.05) is 37.2 Å². The molecule has 6 aromatic rings. The second-order valence-corrected chi connectivity index (χ2v) is 14.9. The number of rotatable bonds is 11. The number of urea groups is 1. The van der Waals surface area contributed by atoms with E-state index in [2.05, 4.69) is 55.6 Å². The van der Waals surface area contributed by atoms with Crippen molar-refractivity contribution in [2.75, 3.05) is 30.4 Å². The first-order valence-electron chi connectivity index (χ1n) is 19.4. The Morgan fingerprint density at radius 1 is 0.982 bits per heavy atom. The minimum atomic E-state index is -0.563. The molecular formula is C42H45FN10O3. The summed E-state index contributed by atoms with van der Waals surface area (Å²) in [5.41, 5.74) is 5.49. The van der Waals surface area contributed by atoms with E-state index in [4.69, 9.17) is 5.10 Å². The Bertz CT molecular complexity index is 2560. The fourth-order valence-corrected chi connectivity index (χ4v) is 7.92. The molecule has 2 aliphatic heterocycles. The van der Waals surface area contributed by atoms with Gasteiger partial charge in [-0.3, -0.25) is 34.1 Å². The molecule has 2 aliphatic rings. The fraction of sp³-hybridized carbons (Fsp3) is 0.381. The summed E-state index contributed by atoms with van der Waals surface area (Å²) in [4.78, 5) is 49.1. The van der Waals surface area contributed by atoms with Crippen molar-refractivity contribution in [2.24, 2.45) is 7.05 Å². The van der Waals surface area contributed by atoms with Crippen molar-refractivity contribution in [1.29, 1.82) is 0 Å². The van der Waals surface area contributed by atoms with Crippen LogP contribution in [0, 0.1) is 24.6 Å². The molecule has 0 bridgehead atoms. The van der Waals surface area contributed by atoms with Gasteiger partial charge in [0.2, 0.25) is 5.91 Å². The number of pyridine rings is 1. The number of amides is 4. The first kappa shape index (κ1) is 36.9. The highest BCUT2D eigenvalue weighted by molar-refractivity contribution is 6.09. The van der Waals surface area contributed by atoms with Crippen molar-refractivity contribution in [1.82, 2.24) is 39.7 Å². The van der Waals surface area contributed by atoms with Crippen LogP contribution in [0.2, 0.25) is 0 Å². The van der Waals surface area contributed by atoms with Gasteiger partial charge in [-0.05, 0) is 76.5 Å². The van der Waals surface area contributed by atoms with Crippen molar-refractivity contribution in [3.05, 3.63) is 77.0 Å². The van der Waals surface area contributed by atoms with Gasteiger partial charge in [-0.25, -0.2) is 14.2 Å². The smallest absolute Gasteiger partial charge is 0.329 e. The number of unbranched alkanes of at least 4 members (excludes halogenated alkanes) is 5. The Kier molecular flexibility index (Phi) is 10.3. The number of hydrogen-bond acceptors (Lipinski definition) is 7. The second kappa shape index (κ2) is 15.6. The van der Waals surface area contributed by atoms with Crippen molar-refractivity contribution in [3.8, 4) is 11.8 Å². The maximum atomic E-state index is 15.1. The van der Waals surface area contributed by atoms with Crippen LogP contribution >= 0.6 is 0 Å². The topological polar surface area (TPSA) is 146 Å². The highest BCUT2D eigenvalue weighted by Gasteiger charge is 2.29. The number of fused-ring (bicyclic) bond motifs is 3. The Morgan fingerprint density at radius 3 is 2.64 bits per heavy atom. The minimum absolute atomic E-state index is 0.158. The molecule has 2 saturated heterocycles. The van der Waals surface area contributed by atoms with Gasteiger partial charge in [0.25, 0.3) is 5.91 Å². The molecular weight excluding hydrogens is 712 g/mol. The van der Waals surface area contributed by atoms with E-state index in [1.807, 2.05) is 42.1 Å². The van der Waals surface area contributed by atoms with Crippen LogP contribution in [0.3, 0.4) is 0 Å². The van der Waals surface area contributed by atoms with Crippen molar-refractivity contribution in [2.45, 2.75) is 77.3 Å². The van der Waals surface area contributed by atoms with Crippen molar-refractivity contribution in [3.63, 3.8) is 0 Å². The zero-order chi connectivity index (χ0) is 38.9. The van der Waals surface area contributed by atoms with Gasteiger partial charge in [0.1, 0.15) is 11.6 Å². The van der Waals surface area contributed by atoms with Crippen LogP contribution in [0.15, 0.2) is 48.7 Å². The second-order valence-electron chi connectivity index (χ2n) is 14.9. The highest BCUT2D eigenvalue weighted by Crippen LogP contribution is 2.33. The average Bonchev–Trinajstić information content (AvgIpc) is 3.95. The molecule has 0 unspecified atom stereocenters. The lowest BCUT2D eigenvalue weighted by Gasteiger charge is -2.24. The zero-order valence-corrected chi connectivity index (χ0v) is 31.9. The van der Waals surface area contributed by atoms with Gasteiger partial charge >= 0.3 is 6.03 Å². The number of carbonyl (C=O) groups excluding carboxylic acids is 3. The third kappa shape index (κ3) is 7.46. The molecule has 1 atom stereocenters. The minimum Gasteiger partial charge on any atom is -0.357 e. The summed E-state index contributed by atoms with van der Waals surface area (Å²) in [6.45, 7) is 4.02. The van der Waals surface area contributed by atoms with E-state index in [1.54, 1.807) is 17.8 Å². The molecule has 13 nitrogen and oxygen atoms in total. The van der Waals surface area contributed by atoms with Gasteiger partial charge in [0.05, 0.1) is 27.8 Å². The molecule has 0 saturated carbocycles. The molecule has 288 valence electrons. The quantitative estimate of drug-likeness (QED) is 0.0944. The fourth-order valence-electron chi connectivity index (χ4n) is 7.92. The summed E-state index contributed by atoms with van der Waals surface area (Å²) in [5, 5.41) is 17.0. The number of anilines is 2. The normalized spacial score (nSPS) is 16.2. The standard InChI is InChI=1S/C42H45FN10O3/c1-26-30-15-14-28(41(55)46-38-24-33-29(25-44-38)20-34(45-33)35-13-11-17-50(35)2)22-37(30)53(48-26)18-10-8-6-4-5-7-9-12-27-21-36-31(23-32(27)43)40(49-51(36)3)52-19-16-39(54)47-42(52)56/h14-15,20-25,35,45H,4-8,10-11,13,16-19H2,1-3H3,(H,44,46,55)(H,47,54,56)/t35-/m1/s1. The number of benzene rings is 2. The molecule has 14 heteroatoms. The van der Waals surface area contributed by atoms with Crippen LogP contribution in [0.5, 0.6) is 0 Å². The van der Waals surface area contributed by atoms with E-state index >= 15 is 4.39 Å². The molecule has 8 rings (SSSR count). The van der Waals surface area contributed by atoms with Crippen LogP contribution in [-0.2, 0) is 18.4 Å². The van der Waals surface area contributed by atoms with Crippen LogP contribution < -0.4 is 15.5 Å². The molecule has 2 fully saturated rings. The average molecular weight is 757 g/mol. The number of halogens is 1. The van der Waals surface area contributed by atoms with E-state index in [-0.39, 0.29) is 30.3 Å². The molecule has 2 aromatic carbocycles. The number of H-pyrrole nitrogens is 1. The summed E-state index contributed by atoms with van der Waals surface area (Å²) in [6.07, 6.45) is 9.86. The molecule has 56 heavy (non-hydrogen) atoms. The monoisotopic (exact) mass is 756 g/mol. The van der Waals surface area contributed by atoms with Crippen LogP contribution in [0.4, 0.5) is 20.8 Å². The molecule has 0 radical (unpaired) electrons. The number of aromatic nitrogens is 6. The third-order valence-electron chi connectivity index (χ3n) is 11.0. The Labute approximate surface area is 323 Å². The number of likely N-dealkylation sites (tertiary alicyclic amines) is 1. The van der Waals surface area contributed by atoms with Crippen molar-refractivity contribution >= 4 is 62.2 Å². The van der Waals surface area contributed by atoms with Gasteiger partial charge in [-0.15, -0.1) is 0 Å². The summed E-state index contributed by atoms with van der Waals surface area (Å²) >= 11 is 0. The van der Waals surface area contributed by atoms with E-state index in [0.717, 1.165) is 79.1 Å². The maximum absolute atomic E-state index is 15.1. The predicted octanol–water partition coefficient (Wildman–Crippen LogP) is 7.10. The van der Waals surface area contributed by atoms with Crippen LogP contribution in [0.1, 0.15) is 91.1 Å². The molecule has 0 spiro atoms. The molecule has 4 amide bonds. The van der Waals surface area contributed by atoms with Gasteiger partial charge in [0.15, 0.2) is 5.82 Å². The summed E-state index contributed by atoms with van der Waals surface area (Å²) in [5.74, 6) is 5.87. The Balaban J connectivity index is 0.818. The lowest BCUT2D eigenvalue weighted by atomic mass is 10.1. The van der Waals surface area contributed by atoms with Gasteiger partial charge < -0.3 is 10.3 Å². The number of nitrogens with one attached hydrogen (secondary N) is 3. The lowest BCUT2D eigenvalue weighted by Crippen LogP contribution is -2.49. The first-order chi connectivity index (χ1) is 27.1.